The number of nitrogens with zero attached hydrogens (tertiary/aromatic N) is 2. The highest BCUT2D eigenvalue weighted by Gasteiger charge is 2.18. The highest BCUT2D eigenvalue weighted by atomic mass is 127. The Hall–Kier alpha value is -0.820. The van der Waals surface area contributed by atoms with Crippen LogP contribution in [0.5, 0.6) is 0 Å². The minimum atomic E-state index is 0. The topological polar surface area (TPSA) is 36.9 Å². The van der Waals surface area contributed by atoms with Crippen LogP contribution in [0.3, 0.4) is 0 Å². The van der Waals surface area contributed by atoms with E-state index in [2.05, 4.69) is 54.5 Å². The van der Waals surface area contributed by atoms with E-state index in [4.69, 9.17) is 9.73 Å². The van der Waals surface area contributed by atoms with E-state index in [1.54, 1.807) is 0 Å². The van der Waals surface area contributed by atoms with Crippen molar-refractivity contribution in [2.24, 2.45) is 10.9 Å². The van der Waals surface area contributed by atoms with Gasteiger partial charge in [0.2, 0.25) is 0 Å². The predicted octanol–water partition coefficient (Wildman–Crippen LogP) is 3.17. The van der Waals surface area contributed by atoms with Crippen LogP contribution in [0.2, 0.25) is 0 Å². The number of hydrogen-bond acceptors (Lipinski definition) is 2. The van der Waals surface area contributed by atoms with E-state index in [0.29, 0.717) is 5.92 Å². The van der Waals surface area contributed by atoms with Gasteiger partial charge < -0.3 is 15.0 Å². The molecule has 0 amide bonds. The molecule has 1 heterocycles. The third kappa shape index (κ3) is 7.52. The Morgan fingerprint density at radius 2 is 2.13 bits per heavy atom. The number of aryl methyl sites for hydroxylation is 1. The van der Waals surface area contributed by atoms with E-state index in [1.165, 1.54) is 5.56 Å². The van der Waals surface area contributed by atoms with Crippen molar-refractivity contribution < 1.29 is 4.74 Å². The minimum absolute atomic E-state index is 0. The molecule has 1 aromatic carbocycles. The van der Waals surface area contributed by atoms with Gasteiger partial charge in [0.15, 0.2) is 5.96 Å². The average molecular weight is 431 g/mol. The number of nitrogens with one attached hydrogen (secondary N) is 1. The van der Waals surface area contributed by atoms with Crippen molar-refractivity contribution in [1.29, 1.82) is 0 Å². The molecule has 1 unspecified atom stereocenters. The number of ether oxygens (including phenoxy) is 1. The fourth-order valence-corrected chi connectivity index (χ4v) is 2.78. The zero-order chi connectivity index (χ0) is 15.6. The van der Waals surface area contributed by atoms with Gasteiger partial charge in [-0.3, -0.25) is 4.99 Å². The van der Waals surface area contributed by atoms with Crippen LogP contribution in [0.4, 0.5) is 0 Å². The monoisotopic (exact) mass is 431 g/mol. The van der Waals surface area contributed by atoms with Gasteiger partial charge in [-0.25, -0.2) is 0 Å². The Morgan fingerprint density at radius 3 is 2.78 bits per heavy atom. The second kappa shape index (κ2) is 11.7. The second-order valence-corrected chi connectivity index (χ2v) is 5.93. The van der Waals surface area contributed by atoms with Crippen LogP contribution in [0.1, 0.15) is 25.3 Å². The SMILES string of the molecule is CCNC(=NCCCc1ccccc1)N(C)CC1CCOC1.I. The van der Waals surface area contributed by atoms with Crippen LogP contribution in [0, 0.1) is 5.92 Å². The Labute approximate surface area is 157 Å². The minimum Gasteiger partial charge on any atom is -0.381 e. The zero-order valence-corrected chi connectivity index (χ0v) is 16.7. The first kappa shape index (κ1) is 20.2. The molecule has 1 aromatic rings. The summed E-state index contributed by atoms with van der Waals surface area (Å²) < 4.78 is 5.46. The van der Waals surface area contributed by atoms with E-state index in [1.807, 2.05) is 0 Å². The third-order valence-corrected chi connectivity index (χ3v) is 3.98. The lowest BCUT2D eigenvalue weighted by Crippen LogP contribution is -2.41. The molecule has 0 spiro atoms. The molecular weight excluding hydrogens is 401 g/mol. The number of aliphatic imine (C=N–C) groups is 1. The van der Waals surface area contributed by atoms with Gasteiger partial charge in [0.25, 0.3) is 0 Å². The molecule has 2 rings (SSSR count). The summed E-state index contributed by atoms with van der Waals surface area (Å²) >= 11 is 0. The highest BCUT2D eigenvalue weighted by Crippen LogP contribution is 2.13. The van der Waals surface area contributed by atoms with Crippen LogP contribution in [0.15, 0.2) is 35.3 Å². The van der Waals surface area contributed by atoms with Crippen molar-refractivity contribution in [3.05, 3.63) is 35.9 Å². The number of hydrogen-bond donors (Lipinski definition) is 1. The second-order valence-electron chi connectivity index (χ2n) is 5.93. The van der Waals surface area contributed by atoms with E-state index in [9.17, 15) is 0 Å². The first-order valence-electron chi connectivity index (χ1n) is 8.40. The largest absolute Gasteiger partial charge is 0.381 e. The Balaban J connectivity index is 0.00000264. The maximum absolute atomic E-state index is 5.46. The zero-order valence-electron chi connectivity index (χ0n) is 14.3. The molecule has 1 saturated heterocycles. The van der Waals surface area contributed by atoms with Crippen molar-refractivity contribution in [2.75, 3.05) is 39.9 Å². The van der Waals surface area contributed by atoms with E-state index in [-0.39, 0.29) is 24.0 Å². The quantitative estimate of drug-likeness (QED) is 0.312. The fourth-order valence-electron chi connectivity index (χ4n) is 2.78. The number of halogens is 1. The number of guanidine groups is 1. The summed E-state index contributed by atoms with van der Waals surface area (Å²) in [5, 5.41) is 3.39. The van der Waals surface area contributed by atoms with Crippen molar-refractivity contribution in [3.63, 3.8) is 0 Å². The van der Waals surface area contributed by atoms with Gasteiger partial charge in [0.1, 0.15) is 0 Å². The summed E-state index contributed by atoms with van der Waals surface area (Å²) in [4.78, 5) is 7.00. The van der Waals surface area contributed by atoms with E-state index < -0.39 is 0 Å². The molecule has 0 aliphatic carbocycles. The maximum Gasteiger partial charge on any atom is 0.193 e. The predicted molar refractivity (Wildman–Crippen MR) is 108 cm³/mol. The molecule has 1 aliphatic rings. The molecule has 0 saturated carbocycles. The molecular formula is C18H30IN3O. The molecule has 5 heteroatoms. The Kier molecular flexibility index (Phi) is 10.3. The highest BCUT2D eigenvalue weighted by molar-refractivity contribution is 14.0. The molecule has 1 aliphatic heterocycles. The lowest BCUT2D eigenvalue weighted by Gasteiger charge is -2.24. The van der Waals surface area contributed by atoms with Crippen molar-refractivity contribution in [1.82, 2.24) is 10.2 Å². The molecule has 1 fully saturated rings. The summed E-state index contributed by atoms with van der Waals surface area (Å²) in [7, 11) is 2.12. The first-order valence-corrected chi connectivity index (χ1v) is 8.40. The Morgan fingerprint density at radius 1 is 1.35 bits per heavy atom. The Bertz CT molecular complexity index is 447. The number of rotatable bonds is 7. The van der Waals surface area contributed by atoms with Crippen LogP contribution >= 0.6 is 24.0 Å². The van der Waals surface area contributed by atoms with Gasteiger partial charge in [0.05, 0.1) is 6.61 Å². The van der Waals surface area contributed by atoms with Gasteiger partial charge in [-0.2, -0.15) is 0 Å². The van der Waals surface area contributed by atoms with Gasteiger partial charge in [-0.05, 0) is 31.7 Å². The lowest BCUT2D eigenvalue weighted by molar-refractivity contribution is 0.181. The first-order chi connectivity index (χ1) is 10.8. The molecule has 0 radical (unpaired) electrons. The molecule has 0 aromatic heterocycles. The summed E-state index contributed by atoms with van der Waals surface area (Å²) in [6.07, 6.45) is 3.33. The standard InChI is InChI=1S/C18H29N3O.HI/c1-3-19-18(21(2)14-17-11-13-22-15-17)20-12-7-10-16-8-5-4-6-9-16;/h4-6,8-9,17H,3,7,10-15H2,1-2H3,(H,19,20);1H. The summed E-state index contributed by atoms with van der Waals surface area (Å²) in [6, 6.07) is 10.6. The molecule has 0 bridgehead atoms. The van der Waals surface area contributed by atoms with Crippen LogP contribution in [-0.4, -0.2) is 50.8 Å². The van der Waals surface area contributed by atoms with Crippen LogP contribution in [0.25, 0.3) is 0 Å². The molecule has 130 valence electrons. The normalized spacial score (nSPS) is 17.7. The fraction of sp³-hybridized carbons (Fsp3) is 0.611. The van der Waals surface area contributed by atoms with E-state index in [0.717, 1.165) is 58.1 Å². The van der Waals surface area contributed by atoms with Crippen LogP contribution in [-0.2, 0) is 11.2 Å². The van der Waals surface area contributed by atoms with E-state index >= 15 is 0 Å². The van der Waals surface area contributed by atoms with Crippen molar-refractivity contribution in [2.45, 2.75) is 26.2 Å². The smallest absolute Gasteiger partial charge is 0.193 e. The summed E-state index contributed by atoms with van der Waals surface area (Å²) in [6.45, 7) is 6.70. The maximum atomic E-state index is 5.46. The summed E-state index contributed by atoms with van der Waals surface area (Å²) in [5.74, 6) is 1.65. The number of benzene rings is 1. The lowest BCUT2D eigenvalue weighted by atomic mass is 10.1. The third-order valence-electron chi connectivity index (χ3n) is 3.98. The molecule has 23 heavy (non-hydrogen) atoms. The average Bonchev–Trinajstić information content (AvgIpc) is 3.04. The van der Waals surface area contributed by atoms with Gasteiger partial charge in [0, 0.05) is 39.2 Å². The van der Waals surface area contributed by atoms with Gasteiger partial charge in [-0.1, -0.05) is 30.3 Å². The van der Waals surface area contributed by atoms with Crippen molar-refractivity contribution >= 4 is 29.9 Å². The van der Waals surface area contributed by atoms with Gasteiger partial charge in [-0.15, -0.1) is 24.0 Å². The van der Waals surface area contributed by atoms with Gasteiger partial charge >= 0.3 is 0 Å². The van der Waals surface area contributed by atoms with Crippen molar-refractivity contribution in [3.8, 4) is 0 Å². The molecule has 1 atom stereocenters. The van der Waals surface area contributed by atoms with Crippen LogP contribution < -0.4 is 5.32 Å². The molecule has 1 N–H and O–H groups in total. The summed E-state index contributed by atoms with van der Waals surface area (Å²) in [5.41, 5.74) is 1.39. The molecule has 4 nitrogen and oxygen atoms in total.